The number of nitrogens with one attached hydrogen (secondary N) is 5. The Balaban J connectivity index is 0.000000400. The molecular formula is C77H116Cl3N7O15S2Si2. The van der Waals surface area contributed by atoms with Gasteiger partial charge in [0.25, 0.3) is 11.8 Å². The summed E-state index contributed by atoms with van der Waals surface area (Å²) in [6.45, 7) is 47.2. The normalized spacial score (nSPS) is 16.4. The summed E-state index contributed by atoms with van der Waals surface area (Å²) < 4.78 is 32.9. The van der Waals surface area contributed by atoms with Gasteiger partial charge in [-0.3, -0.25) is 43.6 Å². The number of hydrogen-bond donors (Lipinski definition) is 6. The van der Waals surface area contributed by atoms with Crippen LogP contribution in [0.2, 0.25) is 36.3 Å². The number of amides is 5. The van der Waals surface area contributed by atoms with Gasteiger partial charge in [0.05, 0.1) is 18.9 Å². The number of hydrazine groups is 2. The highest BCUT2D eigenvalue weighted by molar-refractivity contribution is 7.13. The van der Waals surface area contributed by atoms with Crippen molar-refractivity contribution in [2.45, 2.75) is 250 Å². The molecule has 6 rings (SSSR count). The van der Waals surface area contributed by atoms with Crippen molar-refractivity contribution < 1.29 is 71.3 Å². The van der Waals surface area contributed by atoms with Crippen molar-refractivity contribution in [3.8, 4) is 11.5 Å². The highest BCUT2D eigenvalue weighted by Crippen LogP contribution is 2.39. The Labute approximate surface area is 653 Å². The highest BCUT2D eigenvalue weighted by atomic mass is 35.6. The van der Waals surface area contributed by atoms with Crippen LogP contribution in [0.1, 0.15) is 174 Å². The molecule has 6 atom stereocenters. The maximum absolute atomic E-state index is 14.2. The number of aliphatic hydroxyl groups is 1. The molecule has 106 heavy (non-hydrogen) atoms. The molecule has 0 radical (unpaired) electrons. The summed E-state index contributed by atoms with van der Waals surface area (Å²) >= 11 is 20.3. The van der Waals surface area contributed by atoms with E-state index in [0.29, 0.717) is 50.3 Å². The number of alkyl carbamates (subject to hydrolysis) is 1. The zero-order valence-electron chi connectivity index (χ0n) is 65.6. The fourth-order valence-corrected chi connectivity index (χ4v) is 13.9. The minimum Gasteiger partial charge on any atom is -0.543 e. The number of benzene rings is 2. The largest absolute Gasteiger partial charge is 0.543 e. The molecule has 22 nitrogen and oxygen atoms in total. The third-order valence-electron chi connectivity index (χ3n) is 18.0. The molecule has 2 saturated heterocycles. The Morgan fingerprint density at radius 1 is 0.604 bits per heavy atom. The predicted molar refractivity (Wildman–Crippen MR) is 428 cm³/mol. The van der Waals surface area contributed by atoms with Gasteiger partial charge in [0, 0.05) is 45.4 Å². The Hall–Kier alpha value is -6.34. The summed E-state index contributed by atoms with van der Waals surface area (Å²) in [6.07, 6.45) is 4.88. The van der Waals surface area contributed by atoms with Crippen LogP contribution in [0.5, 0.6) is 11.5 Å². The van der Waals surface area contributed by atoms with E-state index in [0.717, 1.165) is 30.6 Å². The van der Waals surface area contributed by atoms with Gasteiger partial charge in [0.2, 0.25) is 32.2 Å². The Morgan fingerprint density at radius 3 is 1.42 bits per heavy atom. The van der Waals surface area contributed by atoms with Crippen molar-refractivity contribution in [3.63, 3.8) is 0 Å². The second kappa shape index (κ2) is 40.4. The number of rotatable bonds is 27. The van der Waals surface area contributed by atoms with Crippen molar-refractivity contribution >= 4 is 134 Å². The lowest BCUT2D eigenvalue weighted by Gasteiger charge is -2.36. The maximum Gasteiger partial charge on any atom is 0.408 e. The lowest BCUT2D eigenvalue weighted by atomic mass is 9.91. The number of alkyl halides is 3. The lowest BCUT2D eigenvalue weighted by Crippen LogP contribution is -2.62. The summed E-state index contributed by atoms with van der Waals surface area (Å²) in [7, 11) is -4.29. The summed E-state index contributed by atoms with van der Waals surface area (Å²) in [5.74, 6) is -3.36. The van der Waals surface area contributed by atoms with E-state index < -0.39 is 122 Å². The van der Waals surface area contributed by atoms with Crippen LogP contribution >= 0.6 is 57.5 Å². The number of esters is 3. The second-order valence-corrected chi connectivity index (χ2v) is 46.6. The van der Waals surface area contributed by atoms with Crippen LogP contribution in [0, 0.1) is 17.8 Å². The number of thiophene rings is 2. The van der Waals surface area contributed by atoms with Gasteiger partial charge in [-0.2, -0.15) is 0 Å². The average molecular weight is 1610 g/mol. The Morgan fingerprint density at radius 2 is 1.04 bits per heavy atom. The number of hydrogen-bond acceptors (Lipinski definition) is 19. The van der Waals surface area contributed by atoms with Gasteiger partial charge in [-0.1, -0.05) is 154 Å². The number of carbonyl (C=O) groups excluding carboxylic acids is 8. The van der Waals surface area contributed by atoms with Crippen LogP contribution in [-0.4, -0.2) is 144 Å². The molecule has 0 unspecified atom stereocenters. The van der Waals surface area contributed by atoms with Gasteiger partial charge in [-0.05, 0) is 175 Å². The Bertz CT molecular complexity index is 3610. The molecule has 2 aromatic heterocycles. The standard InChI is InChI=1S/C37H56N4O7SSi.C33H52Cl3N3O7Si.C7H8OS/c1-12-27-18-19-28(49-27)23-46-34(44)29-17-14-20-41(40-29)33(43)30(38-32(42)31(24(2)3)39-35(45)47-36(4,5)6)22-25-15-13-16-26(21-25)48-50(10,11)37(7,8)9;1-21(2)24(19-27(40)45-31(3,4)5)28(41)37-26(18-22-13-11-14-23(17-22)46-47(9,10)32(6,7)8)29(42)39-16-12-15-25(38-39)30(43)44-20-33(34,35)36;1-2-6-3-4-7(5-8)9-6/h12-13,15-16,18-19,21,24,29-31,40H,1,14,17,20,22-23H2,2-11H3,(H,38,42)(H,39,45);11,13-14,17,21,24-26,38H,12,15-16,18-20H2,1-10H3,(H,37,41);2-4,8H,1,5H2/t29-,30-,31-;24-,25-,26-;/m00./s1. The smallest absolute Gasteiger partial charge is 0.408 e. The first-order valence-electron chi connectivity index (χ1n) is 35.9. The van der Waals surface area contributed by atoms with E-state index in [2.05, 4.69) is 108 Å². The van der Waals surface area contributed by atoms with Crippen molar-refractivity contribution in [1.29, 1.82) is 0 Å². The molecule has 0 bridgehead atoms. The molecule has 2 fully saturated rings. The number of carbonyl (C=O) groups is 8. The molecular weight excluding hydrogens is 1490 g/mol. The first kappa shape index (κ1) is 92.0. The molecule has 4 aromatic rings. The first-order valence-corrected chi connectivity index (χ1v) is 44.5. The maximum atomic E-state index is 14.2. The summed E-state index contributed by atoms with van der Waals surface area (Å²) in [4.78, 5) is 111. The molecule has 0 aliphatic carbocycles. The van der Waals surface area contributed by atoms with Crippen molar-refractivity contribution in [2.75, 3.05) is 19.7 Å². The van der Waals surface area contributed by atoms with Gasteiger partial charge in [0.15, 0.2) is 0 Å². The number of halogens is 3. The molecule has 4 heterocycles. The molecule has 6 N–H and O–H groups in total. The first-order chi connectivity index (χ1) is 48.9. The third kappa shape index (κ3) is 31.3. The molecule has 2 aromatic carbocycles. The summed E-state index contributed by atoms with van der Waals surface area (Å²) in [5.41, 5.74) is 6.07. The molecule has 590 valence electrons. The van der Waals surface area contributed by atoms with E-state index in [1.54, 1.807) is 78.9 Å². The SMILES string of the molecule is C=Cc1ccc(CO)s1.C=Cc1ccc(COC(=O)[C@@H]2CCCN(C(=O)[C@H](Cc3cccc(O[Si](C)(C)C(C)(C)C)c3)NC(=O)[C@@H](NC(=O)OC(C)(C)C)C(C)C)N2)s1.CC(C)[C@H](CC(=O)OC(C)(C)C)C(=O)N[C@@H](Cc1cccc(O[Si](C)(C)C(C)(C)C)c1)C(=O)N1CCC[C@@H](C(=O)OCC(Cl)(Cl)Cl)N1. The minimum absolute atomic E-state index is 0.0155. The number of ether oxygens (including phenoxy) is 4. The van der Waals surface area contributed by atoms with Gasteiger partial charge in [-0.25, -0.2) is 15.6 Å². The molecule has 29 heteroatoms. The van der Waals surface area contributed by atoms with E-state index in [4.69, 9.17) is 67.7 Å². The van der Waals surface area contributed by atoms with Crippen molar-refractivity contribution in [3.05, 3.63) is 117 Å². The fraction of sp³-hybridized carbons (Fsp3) is 0.584. The zero-order valence-corrected chi connectivity index (χ0v) is 71.5. The van der Waals surface area contributed by atoms with E-state index in [-0.39, 0.29) is 54.4 Å². The van der Waals surface area contributed by atoms with E-state index in [1.165, 1.54) is 21.4 Å². The van der Waals surface area contributed by atoms with Gasteiger partial charge < -0.3 is 48.9 Å². The van der Waals surface area contributed by atoms with Crippen molar-refractivity contribution in [1.82, 2.24) is 36.8 Å². The highest BCUT2D eigenvalue weighted by Gasteiger charge is 2.42. The monoisotopic (exact) mass is 1600 g/mol. The second-order valence-electron chi connectivity index (χ2n) is 32.2. The van der Waals surface area contributed by atoms with E-state index in [1.807, 2.05) is 86.6 Å². The van der Waals surface area contributed by atoms with Crippen molar-refractivity contribution in [2.24, 2.45) is 17.8 Å². The number of nitrogens with zero attached hydrogens (tertiary/aromatic N) is 2. The molecule has 2 aliphatic heterocycles. The fourth-order valence-electron chi connectivity index (χ4n) is 10.2. The molecule has 5 amide bonds. The molecule has 0 spiro atoms. The van der Waals surface area contributed by atoms with Gasteiger partial charge in [0.1, 0.15) is 66.1 Å². The van der Waals surface area contributed by atoms with Crippen LogP contribution < -0.4 is 35.7 Å². The quantitative estimate of drug-likeness (QED) is 0.0140. The third-order valence-corrected chi connectivity index (χ3v) is 29.1. The summed E-state index contributed by atoms with van der Waals surface area (Å²) in [6, 6.07) is 18.1. The average Bonchev–Trinajstić information content (AvgIpc) is 1.19. The Kier molecular flexibility index (Phi) is 35.1. The van der Waals surface area contributed by atoms with Gasteiger partial charge >= 0.3 is 24.0 Å². The van der Waals surface area contributed by atoms with Gasteiger partial charge in [-0.15, -0.1) is 22.7 Å². The lowest BCUT2D eigenvalue weighted by molar-refractivity contribution is -0.158. The van der Waals surface area contributed by atoms with Crippen LogP contribution in [0.25, 0.3) is 12.2 Å². The van der Waals surface area contributed by atoms with Crippen LogP contribution in [0.3, 0.4) is 0 Å². The van der Waals surface area contributed by atoms with Crippen LogP contribution in [0.4, 0.5) is 4.79 Å². The summed E-state index contributed by atoms with van der Waals surface area (Å²) in [5, 5.41) is 19.8. The van der Waals surface area contributed by atoms with E-state index >= 15 is 0 Å². The molecule has 0 saturated carbocycles. The molecule has 2 aliphatic rings. The van der Waals surface area contributed by atoms with Crippen LogP contribution in [-0.2, 0) is 78.6 Å². The van der Waals surface area contributed by atoms with E-state index in [9.17, 15) is 38.4 Å². The topological polar surface area (TPSA) is 279 Å². The van der Waals surface area contributed by atoms with Crippen LogP contribution in [0.15, 0.2) is 86.0 Å². The minimum atomic E-state index is -2.15. The predicted octanol–water partition coefficient (Wildman–Crippen LogP) is 15.0. The zero-order chi connectivity index (χ0) is 80.1. The number of aliphatic hydroxyl groups excluding tert-OH is 1.